The lowest BCUT2D eigenvalue weighted by Gasteiger charge is -2.45. The summed E-state index contributed by atoms with van der Waals surface area (Å²) in [5.74, 6) is 0.0154. The number of ketones is 1. The summed E-state index contributed by atoms with van der Waals surface area (Å²) in [7, 11) is 0. The van der Waals surface area contributed by atoms with Crippen LogP contribution in [-0.4, -0.2) is 42.0 Å². The van der Waals surface area contributed by atoms with E-state index >= 15 is 0 Å². The van der Waals surface area contributed by atoms with Crippen molar-refractivity contribution in [2.24, 2.45) is 0 Å². The SMILES string of the molecule is CC(C(=O)c1ccc(Cl)cc1Cl)N1CCOCC1(C)C. The number of morpholine rings is 1. The minimum atomic E-state index is -0.243. The Balaban J connectivity index is 2.23. The summed E-state index contributed by atoms with van der Waals surface area (Å²) in [6.07, 6.45) is 0. The predicted molar refractivity (Wildman–Crippen MR) is 81.9 cm³/mol. The van der Waals surface area contributed by atoms with Gasteiger partial charge in [0.25, 0.3) is 0 Å². The largest absolute Gasteiger partial charge is 0.378 e. The number of benzene rings is 1. The van der Waals surface area contributed by atoms with Crippen LogP contribution in [0.3, 0.4) is 0 Å². The van der Waals surface area contributed by atoms with Crippen molar-refractivity contribution in [3.8, 4) is 0 Å². The molecule has 0 aromatic heterocycles. The van der Waals surface area contributed by atoms with Crippen molar-refractivity contribution >= 4 is 29.0 Å². The number of Topliss-reactive ketones (excluding diaryl/α,β-unsaturated/α-hetero) is 1. The van der Waals surface area contributed by atoms with E-state index in [0.717, 1.165) is 6.54 Å². The molecular formula is C15H19Cl2NO2. The van der Waals surface area contributed by atoms with Crippen LogP contribution in [0.4, 0.5) is 0 Å². The Morgan fingerprint density at radius 2 is 2.10 bits per heavy atom. The average Bonchev–Trinajstić information content (AvgIpc) is 2.37. The Hall–Kier alpha value is -0.610. The van der Waals surface area contributed by atoms with Crippen molar-refractivity contribution in [3.63, 3.8) is 0 Å². The summed E-state index contributed by atoms with van der Waals surface area (Å²) < 4.78 is 5.49. The molecule has 1 fully saturated rings. The number of rotatable bonds is 3. The molecule has 1 atom stereocenters. The molecule has 0 bridgehead atoms. The highest BCUT2D eigenvalue weighted by Gasteiger charge is 2.37. The van der Waals surface area contributed by atoms with E-state index in [1.807, 2.05) is 6.92 Å². The fourth-order valence-electron chi connectivity index (χ4n) is 2.64. The topological polar surface area (TPSA) is 29.5 Å². The molecule has 0 aliphatic carbocycles. The van der Waals surface area contributed by atoms with E-state index in [2.05, 4.69) is 18.7 Å². The van der Waals surface area contributed by atoms with Crippen molar-refractivity contribution in [1.82, 2.24) is 4.90 Å². The molecule has 5 heteroatoms. The first-order valence-corrected chi connectivity index (χ1v) is 7.42. The summed E-state index contributed by atoms with van der Waals surface area (Å²) in [4.78, 5) is 14.8. The molecular weight excluding hydrogens is 297 g/mol. The zero-order valence-electron chi connectivity index (χ0n) is 12.0. The number of hydrogen-bond donors (Lipinski definition) is 0. The van der Waals surface area contributed by atoms with Crippen LogP contribution >= 0.6 is 23.2 Å². The van der Waals surface area contributed by atoms with Crippen LogP contribution in [0.2, 0.25) is 10.0 Å². The zero-order valence-corrected chi connectivity index (χ0v) is 13.5. The number of nitrogens with zero attached hydrogens (tertiary/aromatic N) is 1. The van der Waals surface area contributed by atoms with Gasteiger partial charge in [0, 0.05) is 22.7 Å². The van der Waals surface area contributed by atoms with E-state index < -0.39 is 0 Å². The molecule has 20 heavy (non-hydrogen) atoms. The fourth-order valence-corrected chi connectivity index (χ4v) is 3.15. The van der Waals surface area contributed by atoms with Gasteiger partial charge in [-0.2, -0.15) is 0 Å². The molecule has 0 radical (unpaired) electrons. The molecule has 1 heterocycles. The van der Waals surface area contributed by atoms with Crippen molar-refractivity contribution in [1.29, 1.82) is 0 Å². The second kappa shape index (κ2) is 6.02. The summed E-state index contributed by atoms with van der Waals surface area (Å²) >= 11 is 12.0. The van der Waals surface area contributed by atoms with E-state index in [9.17, 15) is 4.79 Å². The van der Waals surface area contributed by atoms with Crippen LogP contribution in [0, 0.1) is 0 Å². The number of carbonyl (C=O) groups excluding carboxylic acids is 1. The molecule has 1 aromatic rings. The standard InChI is InChI=1S/C15H19Cl2NO2/c1-10(18-6-7-20-9-15(18,2)3)14(19)12-5-4-11(16)8-13(12)17/h4-5,8,10H,6-7,9H2,1-3H3. The molecule has 0 amide bonds. The van der Waals surface area contributed by atoms with Gasteiger partial charge in [-0.1, -0.05) is 23.2 Å². The Bertz CT molecular complexity index is 517. The van der Waals surface area contributed by atoms with Crippen LogP contribution in [0.25, 0.3) is 0 Å². The fraction of sp³-hybridized carbons (Fsp3) is 0.533. The Labute approximate surface area is 129 Å². The number of halogens is 2. The number of hydrogen-bond acceptors (Lipinski definition) is 3. The lowest BCUT2D eigenvalue weighted by Crippen LogP contribution is -2.58. The molecule has 1 aliphatic rings. The van der Waals surface area contributed by atoms with Gasteiger partial charge in [0.2, 0.25) is 0 Å². The van der Waals surface area contributed by atoms with Gasteiger partial charge in [-0.15, -0.1) is 0 Å². The molecule has 3 nitrogen and oxygen atoms in total. The molecule has 1 unspecified atom stereocenters. The molecule has 1 aliphatic heterocycles. The van der Waals surface area contributed by atoms with Crippen molar-refractivity contribution in [3.05, 3.63) is 33.8 Å². The lowest BCUT2D eigenvalue weighted by molar-refractivity contribution is -0.0626. The second-order valence-electron chi connectivity index (χ2n) is 5.72. The van der Waals surface area contributed by atoms with Gasteiger partial charge in [-0.3, -0.25) is 9.69 Å². The van der Waals surface area contributed by atoms with Gasteiger partial charge in [-0.25, -0.2) is 0 Å². The number of ether oxygens (including phenoxy) is 1. The summed E-state index contributed by atoms with van der Waals surface area (Å²) in [6.45, 7) is 8.10. The molecule has 0 N–H and O–H groups in total. The first-order chi connectivity index (χ1) is 9.33. The molecule has 0 spiro atoms. The number of carbonyl (C=O) groups is 1. The molecule has 1 aromatic carbocycles. The average molecular weight is 316 g/mol. The molecule has 2 rings (SSSR count). The van der Waals surface area contributed by atoms with E-state index in [1.165, 1.54) is 0 Å². The van der Waals surface area contributed by atoms with Crippen LogP contribution in [0.1, 0.15) is 31.1 Å². The normalized spacial score (nSPS) is 20.6. The summed E-state index contributed by atoms with van der Waals surface area (Å²) in [5, 5.41) is 0.936. The zero-order chi connectivity index (χ0) is 14.9. The quantitative estimate of drug-likeness (QED) is 0.797. The van der Waals surface area contributed by atoms with Crippen LogP contribution in [0.5, 0.6) is 0 Å². The first-order valence-electron chi connectivity index (χ1n) is 6.67. The highest BCUT2D eigenvalue weighted by molar-refractivity contribution is 6.37. The highest BCUT2D eigenvalue weighted by atomic mass is 35.5. The maximum absolute atomic E-state index is 12.7. The maximum atomic E-state index is 12.7. The third-order valence-electron chi connectivity index (χ3n) is 3.75. The predicted octanol–water partition coefficient (Wildman–Crippen LogP) is 3.68. The van der Waals surface area contributed by atoms with Crippen LogP contribution < -0.4 is 0 Å². The van der Waals surface area contributed by atoms with E-state index in [-0.39, 0.29) is 17.4 Å². The van der Waals surface area contributed by atoms with Crippen molar-refractivity contribution < 1.29 is 9.53 Å². The van der Waals surface area contributed by atoms with E-state index in [4.69, 9.17) is 27.9 Å². The van der Waals surface area contributed by atoms with Gasteiger partial charge in [0.05, 0.1) is 24.3 Å². The van der Waals surface area contributed by atoms with Crippen LogP contribution in [-0.2, 0) is 4.74 Å². The van der Waals surface area contributed by atoms with Crippen LogP contribution in [0.15, 0.2) is 18.2 Å². The van der Waals surface area contributed by atoms with Gasteiger partial charge < -0.3 is 4.74 Å². The Morgan fingerprint density at radius 1 is 1.40 bits per heavy atom. The van der Waals surface area contributed by atoms with Crippen molar-refractivity contribution in [2.45, 2.75) is 32.4 Å². The third kappa shape index (κ3) is 3.17. The third-order valence-corrected chi connectivity index (χ3v) is 4.30. The van der Waals surface area contributed by atoms with Gasteiger partial charge in [0.15, 0.2) is 5.78 Å². The molecule has 1 saturated heterocycles. The van der Waals surface area contributed by atoms with Gasteiger partial charge in [-0.05, 0) is 39.0 Å². The van der Waals surface area contributed by atoms with Crippen molar-refractivity contribution in [2.75, 3.05) is 19.8 Å². The maximum Gasteiger partial charge on any atom is 0.181 e. The lowest BCUT2D eigenvalue weighted by atomic mass is 9.96. The minimum Gasteiger partial charge on any atom is -0.378 e. The second-order valence-corrected chi connectivity index (χ2v) is 6.57. The minimum absolute atomic E-state index is 0.0154. The Kier molecular flexibility index (Phi) is 4.75. The molecule has 110 valence electrons. The smallest absolute Gasteiger partial charge is 0.181 e. The molecule has 0 saturated carbocycles. The van der Waals surface area contributed by atoms with E-state index in [1.54, 1.807) is 18.2 Å². The monoisotopic (exact) mass is 315 g/mol. The summed E-state index contributed by atoms with van der Waals surface area (Å²) in [5.41, 5.74) is 0.359. The highest BCUT2D eigenvalue weighted by Crippen LogP contribution is 2.27. The van der Waals surface area contributed by atoms with Gasteiger partial charge in [0.1, 0.15) is 0 Å². The van der Waals surface area contributed by atoms with Gasteiger partial charge >= 0.3 is 0 Å². The van der Waals surface area contributed by atoms with E-state index in [0.29, 0.717) is 28.8 Å². The summed E-state index contributed by atoms with van der Waals surface area (Å²) in [6, 6.07) is 4.75. The Morgan fingerprint density at radius 3 is 2.70 bits per heavy atom. The first kappa shape index (κ1) is 15.8.